The molecule has 0 amide bonds. The fourth-order valence-electron chi connectivity index (χ4n) is 0.914. The van der Waals surface area contributed by atoms with Crippen molar-refractivity contribution < 1.29 is 19.6 Å². The van der Waals surface area contributed by atoms with Crippen molar-refractivity contribution in [3.63, 3.8) is 0 Å². The Morgan fingerprint density at radius 1 is 1.69 bits per heavy atom. The second-order valence-corrected chi connectivity index (χ2v) is 2.47. The van der Waals surface area contributed by atoms with Crippen LogP contribution in [-0.4, -0.2) is 17.2 Å². The van der Waals surface area contributed by atoms with Crippen molar-refractivity contribution in [2.24, 2.45) is 0 Å². The second kappa shape index (κ2) is 3.26. The van der Waals surface area contributed by atoms with Gasteiger partial charge in [0, 0.05) is 11.7 Å². The highest BCUT2D eigenvalue weighted by Crippen LogP contribution is 2.24. The normalized spacial score (nSPS) is 9.69. The van der Waals surface area contributed by atoms with Crippen LogP contribution in [0.3, 0.4) is 0 Å². The Bertz CT molecular complexity index is 351. The van der Waals surface area contributed by atoms with Gasteiger partial charge in [0.25, 0.3) is 11.9 Å². The third-order valence-electron chi connectivity index (χ3n) is 1.62. The molecular formula is C7H9N2O4+. The molecule has 0 aliphatic carbocycles. The number of nitro groups is 1. The van der Waals surface area contributed by atoms with Crippen LogP contribution in [0.5, 0.6) is 5.75 Å². The maximum Gasteiger partial charge on any atom is 0.323 e. The Balaban J connectivity index is 3.33. The Morgan fingerprint density at radius 2 is 2.31 bits per heavy atom. The van der Waals surface area contributed by atoms with E-state index in [1.165, 1.54) is 13.2 Å². The Morgan fingerprint density at radius 3 is 2.77 bits per heavy atom. The van der Waals surface area contributed by atoms with Gasteiger partial charge >= 0.3 is 5.69 Å². The molecule has 0 unspecified atom stereocenters. The number of aryl methyl sites for hydroxylation is 1. The number of aromatic nitrogens is 1. The molecule has 0 atom stereocenters. The van der Waals surface area contributed by atoms with E-state index in [4.69, 9.17) is 9.94 Å². The number of hydrogen-bond donors (Lipinski definition) is 1. The predicted octanol–water partition coefficient (Wildman–Crippen LogP) is 0.437. The van der Waals surface area contributed by atoms with Crippen LogP contribution in [0, 0.1) is 17.0 Å². The molecule has 6 nitrogen and oxygen atoms in total. The summed E-state index contributed by atoms with van der Waals surface area (Å²) in [7, 11) is 1.30. The van der Waals surface area contributed by atoms with Gasteiger partial charge in [0.05, 0.1) is 18.1 Å². The van der Waals surface area contributed by atoms with E-state index in [1.54, 1.807) is 6.92 Å². The molecule has 1 N–H and O–H groups in total. The molecule has 0 radical (unpaired) electrons. The third-order valence-corrected chi connectivity index (χ3v) is 1.62. The fraction of sp³-hybridized carbons (Fsp3) is 0.286. The number of nitrogens with zero attached hydrogens (tertiary/aromatic N) is 2. The predicted molar refractivity (Wildman–Crippen MR) is 41.8 cm³/mol. The van der Waals surface area contributed by atoms with Crippen LogP contribution in [0.1, 0.15) is 5.69 Å². The van der Waals surface area contributed by atoms with E-state index in [2.05, 4.69) is 0 Å². The minimum atomic E-state index is -0.564. The Hall–Kier alpha value is -1.85. The summed E-state index contributed by atoms with van der Waals surface area (Å²) in [5, 5.41) is 19.6. The van der Waals surface area contributed by atoms with Gasteiger partial charge in [0.15, 0.2) is 0 Å². The zero-order chi connectivity index (χ0) is 10.0. The quantitative estimate of drug-likeness (QED) is 0.314. The smallest absolute Gasteiger partial charge is 0.323 e. The summed E-state index contributed by atoms with van der Waals surface area (Å²) in [5.74, 6) is 0.0260. The topological polar surface area (TPSA) is 76.5 Å². The van der Waals surface area contributed by atoms with Gasteiger partial charge in [-0.1, -0.05) is 0 Å². The van der Waals surface area contributed by atoms with E-state index >= 15 is 0 Å². The van der Waals surface area contributed by atoms with E-state index in [-0.39, 0.29) is 11.4 Å². The molecule has 1 aromatic rings. The van der Waals surface area contributed by atoms with Gasteiger partial charge in [-0.25, -0.2) is 0 Å². The average Bonchev–Trinajstić information content (AvgIpc) is 2.08. The van der Waals surface area contributed by atoms with E-state index in [9.17, 15) is 10.1 Å². The fourth-order valence-corrected chi connectivity index (χ4v) is 0.914. The van der Waals surface area contributed by atoms with Crippen LogP contribution in [0.4, 0.5) is 5.69 Å². The summed E-state index contributed by atoms with van der Waals surface area (Å²) in [5.41, 5.74) is 0.206. The molecule has 0 saturated heterocycles. The molecule has 0 saturated carbocycles. The van der Waals surface area contributed by atoms with E-state index in [1.807, 2.05) is 0 Å². The van der Waals surface area contributed by atoms with Crippen molar-refractivity contribution in [1.29, 1.82) is 0 Å². The van der Waals surface area contributed by atoms with Crippen molar-refractivity contribution in [2.75, 3.05) is 7.11 Å². The molecule has 0 aliphatic heterocycles. The molecule has 0 spiro atoms. The molecule has 1 rings (SSSR count). The average molecular weight is 185 g/mol. The summed E-state index contributed by atoms with van der Waals surface area (Å²) in [4.78, 5) is 9.92. The van der Waals surface area contributed by atoms with Crippen LogP contribution < -0.4 is 9.47 Å². The maximum absolute atomic E-state index is 10.5. The number of hydrogen-bond acceptors (Lipinski definition) is 4. The molecule has 70 valence electrons. The molecule has 0 bridgehead atoms. The van der Waals surface area contributed by atoms with Gasteiger partial charge in [0.2, 0.25) is 5.69 Å². The number of pyridine rings is 1. The van der Waals surface area contributed by atoms with Crippen molar-refractivity contribution >= 4 is 5.69 Å². The largest absolute Gasteiger partial charge is 0.486 e. The van der Waals surface area contributed by atoms with Crippen LogP contribution in [0.15, 0.2) is 12.3 Å². The first-order chi connectivity index (χ1) is 6.06. The lowest BCUT2D eigenvalue weighted by atomic mass is 10.3. The standard InChI is InChI=1S/C7H9N2O4/c1-5-3-6(9(11)12)7(13-2)4-8(5)10/h3-4,10H,1-2H3/q+1. The molecule has 6 heteroatoms. The number of methoxy groups -OCH3 is 1. The van der Waals surface area contributed by atoms with Gasteiger partial charge in [0.1, 0.15) is 0 Å². The van der Waals surface area contributed by atoms with Crippen molar-refractivity contribution in [3.05, 3.63) is 28.1 Å². The van der Waals surface area contributed by atoms with E-state index in [0.717, 1.165) is 10.9 Å². The first-order valence-electron chi connectivity index (χ1n) is 3.50. The molecule has 1 aromatic heterocycles. The van der Waals surface area contributed by atoms with Crippen molar-refractivity contribution in [1.82, 2.24) is 0 Å². The first kappa shape index (κ1) is 9.24. The monoisotopic (exact) mass is 185 g/mol. The third kappa shape index (κ3) is 1.66. The second-order valence-electron chi connectivity index (χ2n) is 2.47. The highest BCUT2D eigenvalue weighted by molar-refractivity contribution is 5.43. The SMILES string of the molecule is COc1c[n+](O)c(C)cc1[N+](=O)[O-]. The molecular weight excluding hydrogens is 176 g/mol. The van der Waals surface area contributed by atoms with E-state index < -0.39 is 4.92 Å². The summed E-state index contributed by atoms with van der Waals surface area (Å²) in [6, 6.07) is 1.23. The Labute approximate surface area is 74.1 Å². The van der Waals surface area contributed by atoms with Gasteiger partial charge in [-0.3, -0.25) is 15.3 Å². The first-order valence-corrected chi connectivity index (χ1v) is 3.50. The molecule has 0 aliphatic rings. The minimum absolute atomic E-state index is 0.0260. The molecule has 1 heterocycles. The van der Waals surface area contributed by atoms with Gasteiger partial charge in [-0.15, -0.1) is 0 Å². The summed E-state index contributed by atoms with van der Waals surface area (Å²) < 4.78 is 5.49. The number of rotatable bonds is 2. The van der Waals surface area contributed by atoms with E-state index in [0.29, 0.717) is 5.69 Å². The highest BCUT2D eigenvalue weighted by atomic mass is 16.6. The zero-order valence-corrected chi connectivity index (χ0v) is 7.22. The van der Waals surface area contributed by atoms with Crippen molar-refractivity contribution in [2.45, 2.75) is 6.92 Å². The van der Waals surface area contributed by atoms with Crippen LogP contribution in [0.25, 0.3) is 0 Å². The minimum Gasteiger partial charge on any atom is -0.486 e. The summed E-state index contributed by atoms with van der Waals surface area (Å²) in [6.07, 6.45) is 1.15. The van der Waals surface area contributed by atoms with Gasteiger partial charge in [-0.2, -0.15) is 0 Å². The van der Waals surface area contributed by atoms with Crippen LogP contribution >= 0.6 is 0 Å². The lowest BCUT2D eigenvalue weighted by Gasteiger charge is -1.98. The summed E-state index contributed by atoms with van der Waals surface area (Å²) in [6.45, 7) is 1.55. The molecule has 0 fully saturated rings. The van der Waals surface area contributed by atoms with Crippen molar-refractivity contribution in [3.8, 4) is 5.75 Å². The highest BCUT2D eigenvalue weighted by Gasteiger charge is 2.22. The lowest BCUT2D eigenvalue weighted by Crippen LogP contribution is -2.33. The summed E-state index contributed by atoms with van der Waals surface area (Å²) >= 11 is 0. The molecule has 0 aromatic carbocycles. The lowest BCUT2D eigenvalue weighted by molar-refractivity contribution is -0.909. The number of ether oxygens (including phenoxy) is 1. The Kier molecular flexibility index (Phi) is 2.32. The van der Waals surface area contributed by atoms with Crippen LogP contribution in [0.2, 0.25) is 0 Å². The van der Waals surface area contributed by atoms with Gasteiger partial charge < -0.3 is 4.74 Å². The molecule has 13 heavy (non-hydrogen) atoms. The van der Waals surface area contributed by atoms with Gasteiger partial charge in [-0.05, 0) is 0 Å². The van der Waals surface area contributed by atoms with Crippen LogP contribution in [-0.2, 0) is 0 Å². The maximum atomic E-state index is 10.5. The zero-order valence-electron chi connectivity index (χ0n) is 7.22.